The van der Waals surface area contributed by atoms with Gasteiger partial charge in [-0.1, -0.05) is 97.1 Å². The van der Waals surface area contributed by atoms with Crippen molar-refractivity contribution < 1.29 is 4.42 Å². The number of para-hydroxylation sites is 3. The van der Waals surface area contributed by atoms with Gasteiger partial charge in [0.05, 0.1) is 45.1 Å². The summed E-state index contributed by atoms with van der Waals surface area (Å²) in [6.07, 6.45) is 0. The van der Waals surface area contributed by atoms with E-state index in [-0.39, 0.29) is 0 Å². The SMILES string of the molecule is N#Cc1ccc2oc3ccc(-c4cc(-c5ccccc5)nc(-n5c6ccccc6c6cc(-c7ccc8c(c7)c7ccccc7n8-c7ccccc7)ccc65)n4)cc3c2c1. The lowest BCUT2D eigenvalue weighted by Crippen LogP contribution is -2.04. The predicted octanol–water partition coefficient (Wildman–Crippen LogP) is 13.4. The number of rotatable bonds is 5. The first-order valence-electron chi connectivity index (χ1n) is 19.6. The van der Waals surface area contributed by atoms with Gasteiger partial charge in [0.15, 0.2) is 0 Å². The van der Waals surface area contributed by atoms with Crippen LogP contribution in [0.5, 0.6) is 0 Å². The van der Waals surface area contributed by atoms with Crippen molar-refractivity contribution in [2.24, 2.45) is 0 Å². The fourth-order valence-electron chi connectivity index (χ4n) is 8.82. The van der Waals surface area contributed by atoms with Crippen molar-refractivity contribution in [3.8, 4) is 51.3 Å². The molecule has 274 valence electrons. The molecule has 6 nitrogen and oxygen atoms in total. The zero-order valence-electron chi connectivity index (χ0n) is 31.5. The Kier molecular flexibility index (Phi) is 7.19. The molecule has 6 heteroatoms. The van der Waals surface area contributed by atoms with E-state index in [4.69, 9.17) is 14.4 Å². The second kappa shape index (κ2) is 12.9. The van der Waals surface area contributed by atoms with Crippen LogP contribution in [0.1, 0.15) is 5.56 Å². The summed E-state index contributed by atoms with van der Waals surface area (Å²) in [7, 11) is 0. The zero-order valence-corrected chi connectivity index (χ0v) is 31.5. The molecule has 0 aliphatic carbocycles. The minimum Gasteiger partial charge on any atom is -0.456 e. The average Bonchev–Trinajstić information content (AvgIpc) is 3.96. The molecule has 0 saturated carbocycles. The van der Waals surface area contributed by atoms with Crippen molar-refractivity contribution >= 4 is 65.6 Å². The summed E-state index contributed by atoms with van der Waals surface area (Å²) >= 11 is 0. The first-order chi connectivity index (χ1) is 29.2. The molecule has 59 heavy (non-hydrogen) atoms. The van der Waals surface area contributed by atoms with Crippen LogP contribution in [-0.4, -0.2) is 19.1 Å². The van der Waals surface area contributed by atoms with Crippen LogP contribution < -0.4 is 0 Å². The van der Waals surface area contributed by atoms with Crippen LogP contribution in [0, 0.1) is 11.3 Å². The van der Waals surface area contributed by atoms with Gasteiger partial charge in [-0.15, -0.1) is 0 Å². The third-order valence-corrected chi connectivity index (χ3v) is 11.6. The van der Waals surface area contributed by atoms with Gasteiger partial charge in [0.25, 0.3) is 0 Å². The largest absolute Gasteiger partial charge is 0.456 e. The van der Waals surface area contributed by atoms with Gasteiger partial charge in [0, 0.05) is 49.1 Å². The number of nitriles is 1. The Morgan fingerprint density at radius 1 is 0.390 bits per heavy atom. The molecule has 4 aromatic heterocycles. The lowest BCUT2D eigenvalue weighted by Gasteiger charge is -2.12. The maximum atomic E-state index is 9.63. The van der Waals surface area contributed by atoms with Crippen LogP contribution in [0.2, 0.25) is 0 Å². The Hall–Kier alpha value is -8.27. The summed E-state index contributed by atoms with van der Waals surface area (Å²) in [5, 5.41) is 16.2. The molecule has 0 saturated heterocycles. The maximum Gasteiger partial charge on any atom is 0.235 e. The third-order valence-electron chi connectivity index (χ3n) is 11.6. The van der Waals surface area contributed by atoms with Crippen LogP contribution in [0.4, 0.5) is 0 Å². The fraction of sp³-hybridized carbons (Fsp3) is 0. The zero-order chi connectivity index (χ0) is 39.0. The molecule has 0 atom stereocenters. The van der Waals surface area contributed by atoms with Gasteiger partial charge in [0.1, 0.15) is 11.2 Å². The number of hydrogen-bond donors (Lipinski definition) is 0. The fourth-order valence-corrected chi connectivity index (χ4v) is 8.82. The highest BCUT2D eigenvalue weighted by molar-refractivity contribution is 6.13. The first-order valence-corrected chi connectivity index (χ1v) is 19.6. The molecule has 0 radical (unpaired) electrons. The maximum absolute atomic E-state index is 9.63. The molecule has 0 spiro atoms. The van der Waals surface area contributed by atoms with E-state index < -0.39 is 0 Å². The highest BCUT2D eigenvalue weighted by atomic mass is 16.3. The molecule has 0 unspecified atom stereocenters. The molecular weight excluding hydrogens is 723 g/mol. The topological polar surface area (TPSA) is 72.6 Å². The van der Waals surface area contributed by atoms with E-state index in [9.17, 15) is 5.26 Å². The molecule has 0 fully saturated rings. The Bertz CT molecular complexity index is 3680. The lowest BCUT2D eigenvalue weighted by atomic mass is 10.0. The molecule has 12 aromatic rings. The van der Waals surface area contributed by atoms with Gasteiger partial charge in [-0.3, -0.25) is 4.57 Å². The van der Waals surface area contributed by atoms with Gasteiger partial charge in [-0.2, -0.15) is 5.26 Å². The van der Waals surface area contributed by atoms with E-state index in [0.29, 0.717) is 11.5 Å². The molecule has 0 aliphatic rings. The van der Waals surface area contributed by atoms with E-state index in [0.717, 1.165) is 83.1 Å². The van der Waals surface area contributed by atoms with Crippen molar-refractivity contribution in [1.82, 2.24) is 19.1 Å². The van der Waals surface area contributed by atoms with E-state index in [1.54, 1.807) is 6.07 Å². The van der Waals surface area contributed by atoms with E-state index in [1.165, 1.54) is 21.8 Å². The van der Waals surface area contributed by atoms with Gasteiger partial charge < -0.3 is 8.98 Å². The number of hydrogen-bond acceptors (Lipinski definition) is 4. The summed E-state index contributed by atoms with van der Waals surface area (Å²) in [5.41, 5.74) is 13.5. The second-order valence-electron chi connectivity index (χ2n) is 14.9. The van der Waals surface area contributed by atoms with Crippen LogP contribution in [-0.2, 0) is 0 Å². The molecule has 4 heterocycles. The molecule has 8 aromatic carbocycles. The minimum atomic E-state index is 0.583. The van der Waals surface area contributed by atoms with Crippen LogP contribution in [0.3, 0.4) is 0 Å². The average molecular weight is 754 g/mol. The molecule has 0 aliphatic heterocycles. The quantitative estimate of drug-likeness (QED) is 0.175. The van der Waals surface area contributed by atoms with Crippen molar-refractivity contribution in [3.63, 3.8) is 0 Å². The molecular formula is C53H31N5O. The van der Waals surface area contributed by atoms with Gasteiger partial charge in [0.2, 0.25) is 5.95 Å². The number of benzene rings is 8. The monoisotopic (exact) mass is 753 g/mol. The van der Waals surface area contributed by atoms with E-state index in [2.05, 4.69) is 155 Å². The van der Waals surface area contributed by atoms with Gasteiger partial charge in [-0.05, 0) is 102 Å². The van der Waals surface area contributed by atoms with Crippen LogP contribution in [0.15, 0.2) is 192 Å². The normalized spacial score (nSPS) is 11.7. The first kappa shape index (κ1) is 32.9. The number of fused-ring (bicyclic) bond motifs is 9. The highest BCUT2D eigenvalue weighted by Crippen LogP contribution is 2.39. The van der Waals surface area contributed by atoms with Crippen molar-refractivity contribution in [2.45, 2.75) is 0 Å². The molecule has 0 N–H and O–H groups in total. The smallest absolute Gasteiger partial charge is 0.235 e. The van der Waals surface area contributed by atoms with Crippen LogP contribution >= 0.6 is 0 Å². The van der Waals surface area contributed by atoms with Gasteiger partial charge >= 0.3 is 0 Å². The Balaban J connectivity index is 1.04. The molecule has 0 bridgehead atoms. The second-order valence-corrected chi connectivity index (χ2v) is 14.9. The minimum absolute atomic E-state index is 0.583. The summed E-state index contributed by atoms with van der Waals surface area (Å²) in [6.45, 7) is 0. The highest BCUT2D eigenvalue weighted by Gasteiger charge is 2.19. The van der Waals surface area contributed by atoms with Crippen molar-refractivity contribution in [1.29, 1.82) is 5.26 Å². The van der Waals surface area contributed by atoms with Crippen molar-refractivity contribution in [2.75, 3.05) is 0 Å². The van der Waals surface area contributed by atoms with Crippen LogP contribution in [0.25, 0.3) is 111 Å². The summed E-state index contributed by atoms with van der Waals surface area (Å²) in [6, 6.07) is 67.5. The van der Waals surface area contributed by atoms with Crippen molar-refractivity contribution in [3.05, 3.63) is 194 Å². The Morgan fingerprint density at radius 3 is 1.58 bits per heavy atom. The van der Waals surface area contributed by atoms with E-state index in [1.807, 2.05) is 42.5 Å². The molecule has 0 amide bonds. The summed E-state index contributed by atoms with van der Waals surface area (Å²) < 4.78 is 10.7. The number of aromatic nitrogens is 4. The standard InChI is InChI=1S/C53H31N5O/c54-32-33-19-25-51-43(27-33)44-30-37(22-26-52(44)59-51)46-31-45(34-11-3-1-4-12-34)55-53(56-46)58-48-18-10-8-16-40(48)42-29-36(21-24-50(42)58)35-20-23-49-41(28-35)39-15-7-9-17-47(39)57(49)38-13-5-2-6-14-38/h1-31H. The number of furan rings is 1. The third kappa shape index (κ3) is 5.19. The number of nitrogens with zero attached hydrogens (tertiary/aromatic N) is 5. The Labute approximate surface area is 338 Å². The van der Waals surface area contributed by atoms with Gasteiger partial charge in [-0.25, -0.2) is 9.97 Å². The predicted molar refractivity (Wildman–Crippen MR) is 239 cm³/mol. The summed E-state index contributed by atoms with van der Waals surface area (Å²) in [5.74, 6) is 0.583. The summed E-state index contributed by atoms with van der Waals surface area (Å²) in [4.78, 5) is 10.6. The molecule has 12 rings (SSSR count). The Morgan fingerprint density at radius 2 is 0.898 bits per heavy atom. The lowest BCUT2D eigenvalue weighted by molar-refractivity contribution is 0.669. The van der Waals surface area contributed by atoms with E-state index >= 15 is 0 Å².